The highest BCUT2D eigenvalue weighted by atomic mass is 32.2. The van der Waals surface area contributed by atoms with Crippen LogP contribution < -0.4 is 4.74 Å². The molecule has 2 fully saturated rings. The zero-order chi connectivity index (χ0) is 22.0. The molecular weight excluding hydrogens is 416 g/mol. The first-order valence-electron chi connectivity index (χ1n) is 10.2. The summed E-state index contributed by atoms with van der Waals surface area (Å²) in [6.45, 7) is 5.48. The highest BCUT2D eigenvalue weighted by molar-refractivity contribution is 8.18. The van der Waals surface area contributed by atoms with E-state index in [0.29, 0.717) is 32.1 Å². The van der Waals surface area contributed by atoms with Crippen LogP contribution in [-0.4, -0.2) is 65.8 Å². The number of hydrogen-bond acceptors (Lipinski definition) is 6. The molecule has 2 saturated heterocycles. The van der Waals surface area contributed by atoms with Gasteiger partial charge in [-0.1, -0.05) is 30.3 Å². The molecule has 7 nitrogen and oxygen atoms in total. The Morgan fingerprint density at radius 3 is 2.65 bits per heavy atom. The van der Waals surface area contributed by atoms with E-state index in [-0.39, 0.29) is 23.5 Å². The number of hydrogen-bond donors (Lipinski definition) is 0. The number of thioether (sulfide) groups is 1. The van der Waals surface area contributed by atoms with Crippen molar-refractivity contribution in [2.24, 2.45) is 0 Å². The van der Waals surface area contributed by atoms with Crippen LogP contribution in [0, 0.1) is 0 Å². The molecular formula is C23H24N2O5S. The Morgan fingerprint density at radius 2 is 1.90 bits per heavy atom. The number of rotatable bonds is 5. The number of amides is 3. The summed E-state index contributed by atoms with van der Waals surface area (Å²) < 4.78 is 11.2. The molecule has 0 radical (unpaired) electrons. The molecule has 31 heavy (non-hydrogen) atoms. The molecule has 2 aromatic carbocycles. The summed E-state index contributed by atoms with van der Waals surface area (Å²) in [6.07, 6.45) is 1.65. The van der Waals surface area contributed by atoms with Gasteiger partial charge in [-0.15, -0.1) is 0 Å². The molecule has 2 aromatic rings. The molecule has 2 aliphatic rings. The van der Waals surface area contributed by atoms with Crippen LogP contribution in [0.1, 0.15) is 19.4 Å². The minimum absolute atomic E-state index is 0.0467. The number of carbonyl (C=O) groups excluding carboxylic acids is 3. The maximum absolute atomic E-state index is 13.0. The van der Waals surface area contributed by atoms with Gasteiger partial charge in [0.05, 0.1) is 24.2 Å². The number of benzene rings is 2. The molecule has 0 unspecified atom stereocenters. The maximum atomic E-state index is 13.0. The zero-order valence-electron chi connectivity index (χ0n) is 17.5. The summed E-state index contributed by atoms with van der Waals surface area (Å²) in [7, 11) is 0. The van der Waals surface area contributed by atoms with Crippen LogP contribution in [0.5, 0.6) is 5.75 Å². The van der Waals surface area contributed by atoms with E-state index in [1.165, 1.54) is 0 Å². The number of ether oxygens (including phenoxy) is 2. The molecule has 4 rings (SSSR count). The van der Waals surface area contributed by atoms with Gasteiger partial charge in [0.25, 0.3) is 11.1 Å². The average Bonchev–Trinajstić information content (AvgIpc) is 3.03. The molecule has 2 heterocycles. The zero-order valence-corrected chi connectivity index (χ0v) is 18.3. The minimum atomic E-state index is -0.458. The molecule has 0 spiro atoms. The Bertz CT molecular complexity index is 1060. The van der Waals surface area contributed by atoms with Crippen LogP contribution in [-0.2, 0) is 14.3 Å². The molecule has 0 aromatic heterocycles. The van der Waals surface area contributed by atoms with Gasteiger partial charge in [-0.25, -0.2) is 0 Å². The molecule has 0 aliphatic carbocycles. The van der Waals surface area contributed by atoms with Crippen molar-refractivity contribution in [2.45, 2.75) is 20.0 Å². The van der Waals surface area contributed by atoms with Gasteiger partial charge < -0.3 is 14.4 Å². The summed E-state index contributed by atoms with van der Waals surface area (Å²) in [5, 5.41) is 1.49. The van der Waals surface area contributed by atoms with Crippen molar-refractivity contribution < 1.29 is 23.9 Å². The number of imide groups is 1. The van der Waals surface area contributed by atoms with Crippen molar-refractivity contribution in [3.63, 3.8) is 0 Å². The summed E-state index contributed by atoms with van der Waals surface area (Å²) >= 11 is 0.849. The predicted octanol–water partition coefficient (Wildman–Crippen LogP) is 3.52. The van der Waals surface area contributed by atoms with E-state index in [0.717, 1.165) is 33.0 Å². The van der Waals surface area contributed by atoms with E-state index in [1.54, 1.807) is 11.0 Å². The fourth-order valence-corrected chi connectivity index (χ4v) is 4.42. The lowest BCUT2D eigenvalue weighted by atomic mass is 10.0. The third-order valence-electron chi connectivity index (χ3n) is 5.10. The molecule has 8 heteroatoms. The molecule has 3 amide bonds. The minimum Gasteiger partial charge on any atom is -0.490 e. The van der Waals surface area contributed by atoms with Crippen molar-refractivity contribution in [1.29, 1.82) is 0 Å². The van der Waals surface area contributed by atoms with Crippen molar-refractivity contribution in [2.75, 3.05) is 32.8 Å². The van der Waals surface area contributed by atoms with E-state index in [4.69, 9.17) is 9.47 Å². The Kier molecular flexibility index (Phi) is 6.29. The highest BCUT2D eigenvalue weighted by Crippen LogP contribution is 2.37. The summed E-state index contributed by atoms with van der Waals surface area (Å²) in [6, 6.07) is 11.7. The third kappa shape index (κ3) is 4.60. The van der Waals surface area contributed by atoms with E-state index < -0.39 is 11.1 Å². The Labute approximate surface area is 185 Å². The van der Waals surface area contributed by atoms with Gasteiger partial charge in [0, 0.05) is 18.7 Å². The normalized spacial score (nSPS) is 18.5. The van der Waals surface area contributed by atoms with Crippen molar-refractivity contribution in [3.05, 3.63) is 46.9 Å². The van der Waals surface area contributed by atoms with Crippen LogP contribution in [0.3, 0.4) is 0 Å². The third-order valence-corrected chi connectivity index (χ3v) is 6.01. The second-order valence-corrected chi connectivity index (χ2v) is 8.62. The number of carbonyl (C=O) groups is 3. The smallest absolute Gasteiger partial charge is 0.294 e. The second kappa shape index (κ2) is 9.11. The topological polar surface area (TPSA) is 76.2 Å². The number of nitrogens with zero attached hydrogens (tertiary/aromatic N) is 2. The van der Waals surface area contributed by atoms with E-state index in [1.807, 2.05) is 50.2 Å². The van der Waals surface area contributed by atoms with Gasteiger partial charge in [0.2, 0.25) is 5.91 Å². The van der Waals surface area contributed by atoms with Gasteiger partial charge in [-0.2, -0.15) is 0 Å². The van der Waals surface area contributed by atoms with Crippen LogP contribution >= 0.6 is 11.8 Å². The standard InChI is InChI=1S/C23H24N2O5S/c1-15(2)30-19-8-7-16-5-3-4-6-17(16)18(19)13-20-22(27)25(23(28)31-20)14-21(26)24-9-11-29-12-10-24/h3-8,13,15H,9-12,14H2,1-2H3/b20-13-. The average molecular weight is 441 g/mol. The Morgan fingerprint density at radius 1 is 1.16 bits per heavy atom. The molecule has 2 aliphatic heterocycles. The lowest BCUT2D eigenvalue weighted by Crippen LogP contribution is -2.46. The van der Waals surface area contributed by atoms with Gasteiger partial charge in [0.15, 0.2) is 0 Å². The van der Waals surface area contributed by atoms with Gasteiger partial charge >= 0.3 is 0 Å². The lowest BCUT2D eigenvalue weighted by molar-refractivity contribution is -0.139. The highest BCUT2D eigenvalue weighted by Gasteiger charge is 2.37. The first-order chi connectivity index (χ1) is 14.9. The van der Waals surface area contributed by atoms with Gasteiger partial charge in [-0.05, 0) is 48.5 Å². The van der Waals surface area contributed by atoms with Crippen LogP contribution in [0.2, 0.25) is 0 Å². The summed E-state index contributed by atoms with van der Waals surface area (Å²) in [5.41, 5.74) is 0.747. The quantitative estimate of drug-likeness (QED) is 0.662. The molecule has 0 atom stereocenters. The van der Waals surface area contributed by atoms with Crippen LogP contribution in [0.25, 0.3) is 16.8 Å². The summed E-state index contributed by atoms with van der Waals surface area (Å²) in [4.78, 5) is 41.0. The predicted molar refractivity (Wildman–Crippen MR) is 120 cm³/mol. The second-order valence-electron chi connectivity index (χ2n) is 7.63. The van der Waals surface area contributed by atoms with Crippen LogP contribution in [0.4, 0.5) is 4.79 Å². The molecule has 0 saturated carbocycles. The van der Waals surface area contributed by atoms with Crippen molar-refractivity contribution in [3.8, 4) is 5.75 Å². The number of morpholine rings is 1. The maximum Gasteiger partial charge on any atom is 0.294 e. The molecule has 0 bridgehead atoms. The fraction of sp³-hybridized carbons (Fsp3) is 0.348. The van der Waals surface area contributed by atoms with Gasteiger partial charge in [-0.3, -0.25) is 19.3 Å². The van der Waals surface area contributed by atoms with Crippen LogP contribution in [0.15, 0.2) is 41.3 Å². The van der Waals surface area contributed by atoms with Crippen molar-refractivity contribution in [1.82, 2.24) is 9.80 Å². The van der Waals surface area contributed by atoms with E-state index >= 15 is 0 Å². The van der Waals surface area contributed by atoms with E-state index in [2.05, 4.69) is 0 Å². The monoisotopic (exact) mass is 440 g/mol. The first-order valence-corrected chi connectivity index (χ1v) is 11.0. The van der Waals surface area contributed by atoms with Gasteiger partial charge in [0.1, 0.15) is 12.3 Å². The fourth-order valence-electron chi connectivity index (χ4n) is 3.60. The first kappa shape index (κ1) is 21.4. The molecule has 162 valence electrons. The molecule has 0 N–H and O–H groups in total. The SMILES string of the molecule is CC(C)Oc1ccc2ccccc2c1/C=C1\SC(=O)N(CC(=O)N2CCOCC2)C1=O. The Hall–Kier alpha value is -2.84. The summed E-state index contributed by atoms with van der Waals surface area (Å²) in [5.74, 6) is -0.0641. The lowest BCUT2D eigenvalue weighted by Gasteiger charge is -2.28. The van der Waals surface area contributed by atoms with E-state index in [9.17, 15) is 14.4 Å². The largest absolute Gasteiger partial charge is 0.490 e. The number of fused-ring (bicyclic) bond motifs is 1. The van der Waals surface area contributed by atoms with Crippen molar-refractivity contribution >= 4 is 45.7 Å². The Balaban J connectivity index is 1.63.